The lowest BCUT2D eigenvalue weighted by Gasteiger charge is -2.47. The van der Waals surface area contributed by atoms with Gasteiger partial charge in [-0.25, -0.2) is 0 Å². The number of allylic oxidation sites excluding steroid dienone is 3. The Hall–Kier alpha value is -1.88. The summed E-state index contributed by atoms with van der Waals surface area (Å²) in [5, 5.41) is 30.9. The average Bonchev–Trinajstić information content (AvgIpc) is 3.21. The van der Waals surface area contributed by atoms with E-state index >= 15 is 0 Å². The molecule has 1 aromatic rings. The van der Waals surface area contributed by atoms with E-state index in [-0.39, 0.29) is 5.41 Å². The normalized spacial score (nSPS) is 34.4. The monoisotopic (exact) mass is 535 g/mol. The molecule has 0 amide bonds. The first-order valence-corrected chi connectivity index (χ1v) is 15.2. The molecule has 0 saturated heterocycles. The second-order valence-corrected chi connectivity index (χ2v) is 14.1. The minimum Gasteiger partial charge on any atom is -0.393 e. The highest BCUT2D eigenvalue weighted by Crippen LogP contribution is 2.62. The number of nitrogens with zero attached hydrogens (tertiary/aromatic N) is 1. The number of aliphatic hydroxyl groups excluding tert-OH is 2. The van der Waals surface area contributed by atoms with Gasteiger partial charge in [-0.3, -0.25) is 0 Å². The first-order chi connectivity index (χ1) is 18.3. The topological polar surface area (TPSA) is 63.9 Å². The van der Waals surface area contributed by atoms with Gasteiger partial charge in [0.2, 0.25) is 0 Å². The molecule has 3 N–H and O–H groups in total. The van der Waals surface area contributed by atoms with Gasteiger partial charge < -0.3 is 20.2 Å². The highest BCUT2D eigenvalue weighted by Gasteiger charge is 2.52. The molecular weight excluding hydrogens is 482 g/mol. The average molecular weight is 536 g/mol. The summed E-state index contributed by atoms with van der Waals surface area (Å²) < 4.78 is 0. The van der Waals surface area contributed by atoms with E-state index in [1.54, 1.807) is 0 Å². The predicted molar refractivity (Wildman–Crippen MR) is 163 cm³/mol. The molecule has 216 valence electrons. The Morgan fingerprint density at radius 3 is 2.44 bits per heavy atom. The van der Waals surface area contributed by atoms with Crippen molar-refractivity contribution >= 4 is 5.69 Å². The van der Waals surface area contributed by atoms with Gasteiger partial charge in [-0.15, -0.1) is 0 Å². The molecule has 3 saturated carbocycles. The van der Waals surface area contributed by atoms with Crippen molar-refractivity contribution in [2.24, 2.45) is 23.2 Å². The van der Waals surface area contributed by atoms with Crippen molar-refractivity contribution < 1.29 is 15.3 Å². The molecule has 4 nitrogen and oxygen atoms in total. The quantitative estimate of drug-likeness (QED) is 0.330. The van der Waals surface area contributed by atoms with Gasteiger partial charge in [0.15, 0.2) is 0 Å². The minimum atomic E-state index is -0.654. The van der Waals surface area contributed by atoms with E-state index < -0.39 is 17.8 Å². The van der Waals surface area contributed by atoms with Crippen molar-refractivity contribution in [3.8, 4) is 0 Å². The first-order valence-electron chi connectivity index (χ1n) is 15.2. The van der Waals surface area contributed by atoms with Crippen LogP contribution in [0, 0.1) is 23.2 Å². The Kier molecular flexibility index (Phi) is 9.20. The maximum absolute atomic E-state index is 10.4. The molecule has 0 heterocycles. The van der Waals surface area contributed by atoms with Crippen molar-refractivity contribution in [2.45, 2.75) is 109 Å². The van der Waals surface area contributed by atoms with Crippen molar-refractivity contribution in [1.29, 1.82) is 0 Å². The van der Waals surface area contributed by atoms with E-state index in [1.807, 2.05) is 13.8 Å². The highest BCUT2D eigenvalue weighted by molar-refractivity contribution is 5.47. The van der Waals surface area contributed by atoms with Gasteiger partial charge >= 0.3 is 0 Å². The van der Waals surface area contributed by atoms with Gasteiger partial charge in [0.25, 0.3) is 0 Å². The number of fused-ring (bicyclic) bond motifs is 1. The zero-order valence-electron chi connectivity index (χ0n) is 25.3. The van der Waals surface area contributed by atoms with E-state index in [2.05, 4.69) is 75.8 Å². The molecule has 7 atom stereocenters. The molecule has 3 aliphatic carbocycles. The zero-order chi connectivity index (χ0) is 28.5. The molecule has 0 radical (unpaired) electrons. The molecule has 1 unspecified atom stereocenters. The third-order valence-electron chi connectivity index (χ3n) is 10.3. The van der Waals surface area contributed by atoms with Gasteiger partial charge in [-0.1, -0.05) is 63.1 Å². The van der Waals surface area contributed by atoms with Gasteiger partial charge in [0.05, 0.1) is 17.8 Å². The van der Waals surface area contributed by atoms with Crippen molar-refractivity contribution in [3.05, 3.63) is 65.3 Å². The Bertz CT molecular complexity index is 1060. The standard InChI is InChI=1S/C35H53NO3/c1-23(9-8-18-34(3,4)39)31-16-17-32-27(11-10-26-20-30(37)21-33(38)24(26)2)19-28(22-35(31,32)5)25-12-14-29(15-13-25)36(6)7/h10-15,23,28,30-33,37-39H,2,8-9,16-22H2,1,3-7H3/b26-10-,27-11?/t23-,28+,30-,31-,32?,33-,35-/m1/s1. The van der Waals surface area contributed by atoms with Crippen LogP contribution in [0.15, 0.2) is 59.7 Å². The molecule has 39 heavy (non-hydrogen) atoms. The molecule has 0 spiro atoms. The summed E-state index contributed by atoms with van der Waals surface area (Å²) in [5.74, 6) is 2.32. The predicted octanol–water partition coefficient (Wildman–Crippen LogP) is 7.16. The zero-order valence-corrected chi connectivity index (χ0v) is 25.3. The van der Waals surface area contributed by atoms with Gasteiger partial charge in [-0.2, -0.15) is 0 Å². The van der Waals surface area contributed by atoms with Gasteiger partial charge in [0.1, 0.15) is 0 Å². The second-order valence-electron chi connectivity index (χ2n) is 14.1. The highest BCUT2D eigenvalue weighted by atomic mass is 16.3. The third-order valence-corrected chi connectivity index (χ3v) is 10.3. The lowest BCUT2D eigenvalue weighted by atomic mass is 9.57. The molecule has 0 aromatic heterocycles. The number of rotatable bonds is 8. The molecular formula is C35H53NO3. The Morgan fingerprint density at radius 1 is 1.10 bits per heavy atom. The largest absolute Gasteiger partial charge is 0.393 e. The van der Waals surface area contributed by atoms with E-state index in [0.717, 1.165) is 36.8 Å². The van der Waals surface area contributed by atoms with Crippen LogP contribution >= 0.6 is 0 Å². The molecule has 4 heteroatoms. The van der Waals surface area contributed by atoms with Crippen molar-refractivity contribution in [3.63, 3.8) is 0 Å². The van der Waals surface area contributed by atoms with Crippen LogP contribution in [0.1, 0.15) is 97.0 Å². The maximum Gasteiger partial charge on any atom is 0.0811 e. The second kappa shape index (κ2) is 11.9. The molecule has 1 aromatic carbocycles. The maximum atomic E-state index is 10.4. The van der Waals surface area contributed by atoms with Crippen LogP contribution in [0.4, 0.5) is 5.69 Å². The summed E-state index contributed by atoms with van der Waals surface area (Å²) in [7, 11) is 4.18. The van der Waals surface area contributed by atoms with Gasteiger partial charge in [-0.05, 0) is 110 Å². The third kappa shape index (κ3) is 6.89. The fraction of sp³-hybridized carbons (Fsp3) is 0.657. The number of anilines is 1. The Labute approximate surface area is 237 Å². The fourth-order valence-electron chi connectivity index (χ4n) is 8.12. The van der Waals surface area contributed by atoms with E-state index in [1.165, 1.54) is 36.1 Å². The smallest absolute Gasteiger partial charge is 0.0811 e. The van der Waals surface area contributed by atoms with Crippen LogP contribution in [0.5, 0.6) is 0 Å². The van der Waals surface area contributed by atoms with Crippen molar-refractivity contribution in [1.82, 2.24) is 0 Å². The van der Waals surface area contributed by atoms with E-state index in [9.17, 15) is 15.3 Å². The summed E-state index contributed by atoms with van der Waals surface area (Å²) in [6, 6.07) is 9.14. The SMILES string of the molecule is C=C1/C(=C\C=C2C[C@H](c3ccc(N(C)C)cc3)C[C@@]3(C)C2CC[C@@H]3[C@H](C)CCCC(C)(C)O)C[C@@H](O)C[C@H]1O. The van der Waals surface area contributed by atoms with Crippen LogP contribution in [-0.4, -0.2) is 47.2 Å². The molecule has 4 rings (SSSR count). The fourth-order valence-corrected chi connectivity index (χ4v) is 8.12. The number of hydrogen-bond donors (Lipinski definition) is 3. The summed E-state index contributed by atoms with van der Waals surface area (Å²) in [6.45, 7) is 13.0. The molecule has 3 fully saturated rings. The molecule has 0 bridgehead atoms. The summed E-state index contributed by atoms with van der Waals surface area (Å²) in [5.41, 5.74) is 5.55. The van der Waals surface area contributed by atoms with Crippen LogP contribution in [0.2, 0.25) is 0 Å². The van der Waals surface area contributed by atoms with Crippen LogP contribution in [0.3, 0.4) is 0 Å². The van der Waals surface area contributed by atoms with Crippen LogP contribution in [0.25, 0.3) is 0 Å². The molecule has 3 aliphatic rings. The Morgan fingerprint density at radius 2 is 1.79 bits per heavy atom. The Balaban J connectivity index is 1.64. The minimum absolute atomic E-state index is 0.226. The van der Waals surface area contributed by atoms with E-state index in [0.29, 0.717) is 36.5 Å². The lowest BCUT2D eigenvalue weighted by Crippen LogP contribution is -2.38. The van der Waals surface area contributed by atoms with Crippen molar-refractivity contribution in [2.75, 3.05) is 19.0 Å². The van der Waals surface area contributed by atoms with E-state index in [4.69, 9.17) is 0 Å². The number of hydrogen-bond acceptors (Lipinski definition) is 4. The summed E-state index contributed by atoms with van der Waals surface area (Å²) in [6.07, 6.45) is 12.1. The summed E-state index contributed by atoms with van der Waals surface area (Å²) >= 11 is 0. The number of benzene rings is 1. The first kappa shape index (κ1) is 30.1. The lowest BCUT2D eigenvalue weighted by molar-refractivity contribution is 0.0578. The number of aliphatic hydroxyl groups is 3. The van der Waals surface area contributed by atoms with Crippen LogP contribution in [-0.2, 0) is 0 Å². The van der Waals surface area contributed by atoms with Gasteiger partial charge in [0, 0.05) is 26.2 Å². The summed E-state index contributed by atoms with van der Waals surface area (Å²) in [4.78, 5) is 2.15. The molecule has 0 aliphatic heterocycles. The van der Waals surface area contributed by atoms with Crippen LogP contribution < -0.4 is 4.90 Å².